The predicted octanol–water partition coefficient (Wildman–Crippen LogP) is 4.07. The fourth-order valence-corrected chi connectivity index (χ4v) is 3.48. The van der Waals surface area contributed by atoms with E-state index in [9.17, 15) is 4.79 Å². The summed E-state index contributed by atoms with van der Waals surface area (Å²) >= 11 is 0. The van der Waals surface area contributed by atoms with Crippen LogP contribution in [0.5, 0.6) is 0 Å². The Labute approximate surface area is 170 Å². The largest absolute Gasteiger partial charge is 0.341 e. The average Bonchev–Trinajstić information content (AvgIpc) is 3.11. The second-order valence-corrected chi connectivity index (χ2v) is 7.18. The molecule has 0 bridgehead atoms. The number of rotatable bonds is 7. The van der Waals surface area contributed by atoms with Crippen LogP contribution >= 0.6 is 0 Å². The first-order valence-electron chi connectivity index (χ1n) is 9.82. The molecule has 0 spiro atoms. The zero-order valence-electron chi connectivity index (χ0n) is 16.5. The number of hydrogen-bond acceptors (Lipinski definition) is 3. The minimum absolute atomic E-state index is 0.111. The maximum Gasteiger partial charge on any atom is 0.223 e. The molecular weight excluding hydrogens is 360 g/mol. The molecule has 2 heterocycles. The number of benzene rings is 2. The summed E-state index contributed by atoms with van der Waals surface area (Å²) in [5.41, 5.74) is 4.04. The van der Waals surface area contributed by atoms with Gasteiger partial charge in [0.1, 0.15) is 11.3 Å². The molecule has 0 fully saturated rings. The molecule has 0 aliphatic heterocycles. The van der Waals surface area contributed by atoms with E-state index in [0.717, 1.165) is 22.6 Å². The minimum atomic E-state index is 0.111. The van der Waals surface area contributed by atoms with Gasteiger partial charge in [-0.25, -0.2) is 9.97 Å². The van der Waals surface area contributed by atoms with E-state index in [1.165, 1.54) is 5.56 Å². The lowest BCUT2D eigenvalue weighted by molar-refractivity contribution is -0.130. The normalized spacial score (nSPS) is 10.9. The molecule has 0 saturated heterocycles. The quantitative estimate of drug-likeness (QED) is 0.483. The Morgan fingerprint density at radius 1 is 0.931 bits per heavy atom. The molecule has 0 radical (unpaired) electrons. The van der Waals surface area contributed by atoms with Gasteiger partial charge in [0.05, 0.1) is 6.54 Å². The van der Waals surface area contributed by atoms with Crippen molar-refractivity contribution < 1.29 is 4.79 Å². The second kappa shape index (κ2) is 8.69. The van der Waals surface area contributed by atoms with Crippen LogP contribution in [-0.2, 0) is 24.3 Å². The van der Waals surface area contributed by atoms with E-state index >= 15 is 0 Å². The van der Waals surface area contributed by atoms with Crippen LogP contribution in [-0.4, -0.2) is 32.4 Å². The smallest absolute Gasteiger partial charge is 0.223 e. The Morgan fingerprint density at radius 2 is 1.62 bits per heavy atom. The van der Waals surface area contributed by atoms with Gasteiger partial charge >= 0.3 is 0 Å². The number of carbonyl (C=O) groups is 1. The lowest BCUT2D eigenvalue weighted by Gasteiger charge is -2.17. The van der Waals surface area contributed by atoms with Crippen molar-refractivity contribution >= 4 is 17.1 Å². The number of nitrogens with zero attached hydrogens (tertiary/aromatic N) is 4. The molecule has 5 nitrogen and oxygen atoms in total. The van der Waals surface area contributed by atoms with Crippen molar-refractivity contribution in [1.29, 1.82) is 0 Å². The number of amides is 1. The Bertz CT molecular complexity index is 1090. The SMILES string of the molecule is CN(Cc1ccccc1)C(=O)CCc1nc2cccnc2n1Cc1ccccc1. The Hall–Kier alpha value is -3.47. The molecule has 2 aromatic heterocycles. The first-order valence-corrected chi connectivity index (χ1v) is 9.82. The fourth-order valence-electron chi connectivity index (χ4n) is 3.48. The van der Waals surface area contributed by atoms with Crippen molar-refractivity contribution in [2.75, 3.05) is 7.05 Å². The molecule has 2 aromatic carbocycles. The number of carbonyl (C=O) groups excluding carboxylic acids is 1. The Morgan fingerprint density at radius 3 is 2.34 bits per heavy atom. The molecule has 0 N–H and O–H groups in total. The molecule has 1 amide bonds. The van der Waals surface area contributed by atoms with E-state index in [1.54, 1.807) is 11.1 Å². The van der Waals surface area contributed by atoms with Crippen LogP contribution in [0.4, 0.5) is 0 Å². The number of aromatic nitrogens is 3. The Kier molecular flexibility index (Phi) is 5.66. The standard InChI is InChI=1S/C24H24N4O/c1-27(17-19-9-4-2-5-10-19)23(29)15-14-22-26-21-13-8-16-25-24(21)28(22)18-20-11-6-3-7-12-20/h2-13,16H,14-15,17-18H2,1H3. The van der Waals surface area contributed by atoms with Crippen LogP contribution < -0.4 is 0 Å². The highest BCUT2D eigenvalue weighted by Crippen LogP contribution is 2.17. The monoisotopic (exact) mass is 384 g/mol. The van der Waals surface area contributed by atoms with Crippen molar-refractivity contribution in [3.8, 4) is 0 Å². The van der Waals surface area contributed by atoms with Gasteiger partial charge in [-0.05, 0) is 23.3 Å². The lowest BCUT2D eigenvalue weighted by Crippen LogP contribution is -2.26. The average molecular weight is 384 g/mol. The number of hydrogen-bond donors (Lipinski definition) is 0. The highest BCUT2D eigenvalue weighted by Gasteiger charge is 2.15. The number of fused-ring (bicyclic) bond motifs is 1. The lowest BCUT2D eigenvalue weighted by atomic mass is 10.2. The van der Waals surface area contributed by atoms with E-state index in [-0.39, 0.29) is 5.91 Å². The van der Waals surface area contributed by atoms with Gasteiger partial charge in [-0.1, -0.05) is 60.7 Å². The summed E-state index contributed by atoms with van der Waals surface area (Å²) in [6.07, 6.45) is 2.79. The third kappa shape index (κ3) is 4.51. The molecule has 0 unspecified atom stereocenters. The molecule has 0 aliphatic rings. The maximum atomic E-state index is 12.7. The summed E-state index contributed by atoms with van der Waals surface area (Å²) in [5.74, 6) is 1.00. The van der Waals surface area contributed by atoms with Crippen LogP contribution in [0.2, 0.25) is 0 Å². The van der Waals surface area contributed by atoms with Gasteiger partial charge in [-0.2, -0.15) is 0 Å². The zero-order valence-corrected chi connectivity index (χ0v) is 16.5. The second-order valence-electron chi connectivity index (χ2n) is 7.18. The number of imidazole rings is 1. The first kappa shape index (κ1) is 18.9. The van der Waals surface area contributed by atoms with Crippen LogP contribution in [0.15, 0.2) is 79.0 Å². The molecule has 4 rings (SSSR count). The summed E-state index contributed by atoms with van der Waals surface area (Å²) < 4.78 is 2.12. The molecule has 0 saturated carbocycles. The molecule has 0 atom stereocenters. The molecule has 146 valence electrons. The summed E-state index contributed by atoms with van der Waals surface area (Å²) in [5, 5.41) is 0. The van der Waals surface area contributed by atoms with Gasteiger partial charge in [0, 0.05) is 32.6 Å². The molecule has 4 aromatic rings. The third-order valence-electron chi connectivity index (χ3n) is 5.02. The predicted molar refractivity (Wildman–Crippen MR) is 114 cm³/mol. The van der Waals surface area contributed by atoms with E-state index < -0.39 is 0 Å². The number of pyridine rings is 1. The summed E-state index contributed by atoms with van der Waals surface area (Å²) in [4.78, 5) is 23.7. The van der Waals surface area contributed by atoms with Gasteiger partial charge in [0.2, 0.25) is 5.91 Å². The first-order chi connectivity index (χ1) is 14.2. The van der Waals surface area contributed by atoms with Crippen molar-refractivity contribution in [2.24, 2.45) is 0 Å². The van der Waals surface area contributed by atoms with Gasteiger partial charge < -0.3 is 9.47 Å². The van der Waals surface area contributed by atoms with Crippen molar-refractivity contribution in [3.05, 3.63) is 95.9 Å². The van der Waals surface area contributed by atoms with Crippen LogP contribution in [0.3, 0.4) is 0 Å². The molecule has 0 aliphatic carbocycles. The molecule has 5 heteroatoms. The van der Waals surface area contributed by atoms with Crippen LogP contribution in [0, 0.1) is 0 Å². The highest BCUT2D eigenvalue weighted by molar-refractivity contribution is 5.76. The zero-order chi connectivity index (χ0) is 20.1. The summed E-state index contributed by atoms with van der Waals surface area (Å²) in [6.45, 7) is 1.30. The van der Waals surface area contributed by atoms with E-state index in [2.05, 4.69) is 21.7 Å². The van der Waals surface area contributed by atoms with Gasteiger partial charge in [-0.15, -0.1) is 0 Å². The fraction of sp³-hybridized carbons (Fsp3) is 0.208. The highest BCUT2D eigenvalue weighted by atomic mass is 16.2. The van der Waals surface area contributed by atoms with Crippen molar-refractivity contribution in [3.63, 3.8) is 0 Å². The van der Waals surface area contributed by atoms with Crippen LogP contribution in [0.1, 0.15) is 23.4 Å². The minimum Gasteiger partial charge on any atom is -0.341 e. The summed E-state index contributed by atoms with van der Waals surface area (Å²) in [7, 11) is 1.85. The van der Waals surface area contributed by atoms with Gasteiger partial charge in [-0.3, -0.25) is 4.79 Å². The number of aryl methyl sites for hydroxylation is 1. The maximum absolute atomic E-state index is 12.7. The van der Waals surface area contributed by atoms with Crippen molar-refractivity contribution in [2.45, 2.75) is 25.9 Å². The molecule has 29 heavy (non-hydrogen) atoms. The van der Waals surface area contributed by atoms with Gasteiger partial charge in [0.15, 0.2) is 5.65 Å². The van der Waals surface area contributed by atoms with Crippen molar-refractivity contribution in [1.82, 2.24) is 19.4 Å². The van der Waals surface area contributed by atoms with E-state index in [1.807, 2.05) is 67.7 Å². The van der Waals surface area contributed by atoms with E-state index in [4.69, 9.17) is 4.98 Å². The van der Waals surface area contributed by atoms with Crippen LogP contribution in [0.25, 0.3) is 11.2 Å². The van der Waals surface area contributed by atoms with E-state index in [0.29, 0.717) is 25.9 Å². The Balaban J connectivity index is 1.50. The summed E-state index contributed by atoms with van der Waals surface area (Å²) in [6, 6.07) is 24.2. The topological polar surface area (TPSA) is 51.0 Å². The molecular formula is C24H24N4O. The third-order valence-corrected chi connectivity index (χ3v) is 5.02. The van der Waals surface area contributed by atoms with Gasteiger partial charge in [0.25, 0.3) is 0 Å².